The van der Waals surface area contributed by atoms with E-state index in [0.717, 1.165) is 25.3 Å². The second-order valence-electron chi connectivity index (χ2n) is 4.75. The molecule has 1 aliphatic heterocycles. The molecule has 2 heterocycles. The monoisotopic (exact) mass is 242 g/mol. The molecule has 1 unspecified atom stereocenters. The van der Waals surface area contributed by atoms with Crippen LogP contribution in [0, 0.1) is 0 Å². The predicted octanol–water partition coefficient (Wildman–Crippen LogP) is 1.45. The third-order valence-electron chi connectivity index (χ3n) is 3.52. The Hall–Kier alpha value is -1.65. The van der Waals surface area contributed by atoms with Gasteiger partial charge in [0, 0.05) is 31.4 Å². The maximum absolute atomic E-state index is 4.46. The average Bonchev–Trinajstić information content (AvgIpc) is 2.90. The van der Waals surface area contributed by atoms with Crippen LogP contribution in [0.3, 0.4) is 0 Å². The van der Waals surface area contributed by atoms with Crippen LogP contribution >= 0.6 is 0 Å². The summed E-state index contributed by atoms with van der Waals surface area (Å²) in [6, 6.07) is 10.7. The van der Waals surface area contributed by atoms with Gasteiger partial charge in [0.15, 0.2) is 0 Å². The first-order chi connectivity index (χ1) is 8.84. The van der Waals surface area contributed by atoms with Crippen molar-refractivity contribution in [3.05, 3.63) is 48.3 Å². The number of nitrogens with zero attached hydrogens (tertiary/aromatic N) is 3. The van der Waals surface area contributed by atoms with Crippen molar-refractivity contribution in [3.63, 3.8) is 0 Å². The molecule has 0 bridgehead atoms. The summed E-state index contributed by atoms with van der Waals surface area (Å²) in [4.78, 5) is 2.38. The van der Waals surface area contributed by atoms with Crippen molar-refractivity contribution in [1.82, 2.24) is 20.0 Å². The molecule has 1 aliphatic rings. The Bertz CT molecular complexity index is 506. The highest BCUT2D eigenvalue weighted by atomic mass is 15.3. The van der Waals surface area contributed by atoms with Gasteiger partial charge in [-0.1, -0.05) is 18.2 Å². The zero-order valence-corrected chi connectivity index (χ0v) is 10.6. The van der Waals surface area contributed by atoms with E-state index in [-0.39, 0.29) is 0 Å². The van der Waals surface area contributed by atoms with Crippen LogP contribution in [0.15, 0.2) is 42.7 Å². The van der Waals surface area contributed by atoms with Crippen molar-refractivity contribution in [2.75, 3.05) is 26.7 Å². The third kappa shape index (κ3) is 2.17. The highest BCUT2D eigenvalue weighted by Crippen LogP contribution is 2.20. The maximum Gasteiger partial charge on any atom is 0.0645 e. The molecule has 2 aromatic rings. The Morgan fingerprint density at radius 3 is 2.89 bits per heavy atom. The molecular formula is C14H18N4. The Kier molecular flexibility index (Phi) is 3.13. The van der Waals surface area contributed by atoms with Crippen LogP contribution in [0.2, 0.25) is 0 Å². The van der Waals surface area contributed by atoms with Gasteiger partial charge in [0.1, 0.15) is 0 Å². The molecule has 18 heavy (non-hydrogen) atoms. The molecule has 1 saturated heterocycles. The molecule has 4 heteroatoms. The molecule has 1 aromatic carbocycles. The largest absolute Gasteiger partial charge is 0.314 e. The summed E-state index contributed by atoms with van der Waals surface area (Å²) in [5.74, 6) is 0. The van der Waals surface area contributed by atoms with Crippen LogP contribution < -0.4 is 5.32 Å². The minimum Gasteiger partial charge on any atom is -0.314 e. The first-order valence-corrected chi connectivity index (χ1v) is 6.35. The molecule has 94 valence electrons. The van der Waals surface area contributed by atoms with Crippen molar-refractivity contribution in [3.8, 4) is 5.69 Å². The molecule has 0 radical (unpaired) electrons. The summed E-state index contributed by atoms with van der Waals surface area (Å²) < 4.78 is 1.94. The minimum atomic E-state index is 0.427. The molecule has 0 saturated carbocycles. The van der Waals surface area contributed by atoms with Gasteiger partial charge in [0.2, 0.25) is 0 Å². The molecule has 0 aliphatic carbocycles. The second kappa shape index (κ2) is 4.92. The Labute approximate surface area is 107 Å². The zero-order valence-electron chi connectivity index (χ0n) is 10.6. The lowest BCUT2D eigenvalue weighted by Gasteiger charge is -2.32. The van der Waals surface area contributed by atoms with E-state index in [2.05, 4.69) is 40.7 Å². The standard InChI is InChI=1S/C14H18N4/c1-17-8-7-15-10-14(17)12-9-16-18(11-12)13-5-3-2-4-6-13/h2-6,9,11,14-15H,7-8,10H2,1H3. The van der Waals surface area contributed by atoms with E-state index >= 15 is 0 Å². The molecule has 1 fully saturated rings. The van der Waals surface area contributed by atoms with Crippen molar-refractivity contribution < 1.29 is 0 Å². The Morgan fingerprint density at radius 1 is 1.28 bits per heavy atom. The lowest BCUT2D eigenvalue weighted by Crippen LogP contribution is -2.43. The molecule has 3 rings (SSSR count). The zero-order chi connectivity index (χ0) is 12.4. The average molecular weight is 242 g/mol. The lowest BCUT2D eigenvalue weighted by atomic mass is 10.1. The van der Waals surface area contributed by atoms with E-state index < -0.39 is 0 Å². The van der Waals surface area contributed by atoms with Gasteiger partial charge in [0.25, 0.3) is 0 Å². The Morgan fingerprint density at radius 2 is 2.11 bits per heavy atom. The normalized spacial score (nSPS) is 21.1. The Balaban J connectivity index is 1.85. The molecule has 0 amide bonds. The molecule has 4 nitrogen and oxygen atoms in total. The summed E-state index contributed by atoms with van der Waals surface area (Å²) in [6.45, 7) is 3.15. The number of piperazine rings is 1. The van der Waals surface area contributed by atoms with Crippen molar-refractivity contribution in [1.29, 1.82) is 0 Å². The topological polar surface area (TPSA) is 33.1 Å². The first kappa shape index (κ1) is 11.4. The van der Waals surface area contributed by atoms with Gasteiger partial charge in [-0.25, -0.2) is 4.68 Å². The van der Waals surface area contributed by atoms with Crippen LogP contribution in [0.1, 0.15) is 11.6 Å². The van der Waals surface area contributed by atoms with Gasteiger partial charge >= 0.3 is 0 Å². The van der Waals surface area contributed by atoms with E-state index in [1.807, 2.05) is 29.1 Å². The van der Waals surface area contributed by atoms with Crippen molar-refractivity contribution in [2.45, 2.75) is 6.04 Å². The number of nitrogens with one attached hydrogen (secondary N) is 1. The summed E-state index contributed by atoms with van der Waals surface area (Å²) in [5.41, 5.74) is 2.38. The minimum absolute atomic E-state index is 0.427. The number of likely N-dealkylation sites (N-methyl/N-ethyl adjacent to an activating group) is 1. The first-order valence-electron chi connectivity index (χ1n) is 6.35. The quantitative estimate of drug-likeness (QED) is 0.865. The number of rotatable bonds is 2. The molecule has 1 aromatic heterocycles. The number of aromatic nitrogens is 2. The van der Waals surface area contributed by atoms with E-state index in [1.54, 1.807) is 0 Å². The molecule has 0 spiro atoms. The summed E-state index contributed by atoms with van der Waals surface area (Å²) in [5, 5.41) is 7.89. The number of para-hydroxylation sites is 1. The summed E-state index contributed by atoms with van der Waals surface area (Å²) in [7, 11) is 2.17. The van der Waals surface area contributed by atoms with Crippen LogP contribution in [0.25, 0.3) is 5.69 Å². The van der Waals surface area contributed by atoms with Gasteiger partial charge in [-0.05, 0) is 19.2 Å². The third-order valence-corrected chi connectivity index (χ3v) is 3.52. The fourth-order valence-corrected chi connectivity index (χ4v) is 2.41. The highest BCUT2D eigenvalue weighted by molar-refractivity contribution is 5.31. The number of hydrogen-bond acceptors (Lipinski definition) is 3. The van der Waals surface area contributed by atoms with Gasteiger partial charge < -0.3 is 5.32 Å². The van der Waals surface area contributed by atoms with Gasteiger partial charge in [0.05, 0.1) is 17.9 Å². The van der Waals surface area contributed by atoms with Crippen molar-refractivity contribution >= 4 is 0 Å². The van der Waals surface area contributed by atoms with E-state index in [1.165, 1.54) is 5.56 Å². The van der Waals surface area contributed by atoms with Crippen LogP contribution in [0.5, 0.6) is 0 Å². The second-order valence-corrected chi connectivity index (χ2v) is 4.75. The predicted molar refractivity (Wildman–Crippen MR) is 71.8 cm³/mol. The fraction of sp³-hybridized carbons (Fsp3) is 0.357. The number of hydrogen-bond donors (Lipinski definition) is 1. The SMILES string of the molecule is CN1CCNCC1c1cnn(-c2ccccc2)c1. The van der Waals surface area contributed by atoms with Gasteiger partial charge in [-0.2, -0.15) is 5.10 Å². The highest BCUT2D eigenvalue weighted by Gasteiger charge is 2.21. The maximum atomic E-state index is 4.46. The summed E-state index contributed by atoms with van der Waals surface area (Å²) in [6.07, 6.45) is 4.10. The van der Waals surface area contributed by atoms with Gasteiger partial charge in [-0.3, -0.25) is 4.90 Å². The van der Waals surface area contributed by atoms with Crippen LogP contribution in [0.4, 0.5) is 0 Å². The van der Waals surface area contributed by atoms with Gasteiger partial charge in [-0.15, -0.1) is 0 Å². The van der Waals surface area contributed by atoms with E-state index in [9.17, 15) is 0 Å². The van der Waals surface area contributed by atoms with E-state index in [4.69, 9.17) is 0 Å². The fourth-order valence-electron chi connectivity index (χ4n) is 2.41. The van der Waals surface area contributed by atoms with E-state index in [0.29, 0.717) is 6.04 Å². The molecule has 1 atom stereocenters. The summed E-state index contributed by atoms with van der Waals surface area (Å²) >= 11 is 0. The van der Waals surface area contributed by atoms with Crippen LogP contribution in [-0.4, -0.2) is 41.4 Å². The number of benzene rings is 1. The van der Waals surface area contributed by atoms with Crippen molar-refractivity contribution in [2.24, 2.45) is 0 Å². The molecule has 1 N–H and O–H groups in total. The van der Waals surface area contributed by atoms with Crippen LogP contribution in [-0.2, 0) is 0 Å². The smallest absolute Gasteiger partial charge is 0.0645 e. The molecular weight excluding hydrogens is 224 g/mol. The lowest BCUT2D eigenvalue weighted by molar-refractivity contribution is 0.202.